The molecule has 0 saturated carbocycles. The third-order valence-corrected chi connectivity index (χ3v) is 5.45. The van der Waals surface area contributed by atoms with Crippen molar-refractivity contribution in [2.45, 2.75) is 0 Å². The largest absolute Gasteiger partial charge is 0.457 e. The molecule has 0 spiro atoms. The third-order valence-electron chi connectivity index (χ3n) is 5.45. The summed E-state index contributed by atoms with van der Waals surface area (Å²) in [4.78, 5) is 39.1. The standard InChI is InChI=1S/C27H18N2O4/c28-21-14-15-22(24-23(21)25(30)19-8-4-5-9-20(19)26(24)31)29-27(32)16-10-12-18(13-11-16)33-17-6-2-1-3-7-17/h1-15H,28H2,(H,29,32). The number of nitrogens with one attached hydrogen (secondary N) is 1. The second-order valence-corrected chi connectivity index (χ2v) is 7.55. The molecule has 1 amide bonds. The summed E-state index contributed by atoms with van der Waals surface area (Å²) in [5, 5.41) is 2.76. The van der Waals surface area contributed by atoms with Crippen LogP contribution in [0.3, 0.4) is 0 Å². The number of para-hydroxylation sites is 1. The first-order valence-electron chi connectivity index (χ1n) is 10.3. The molecule has 160 valence electrons. The summed E-state index contributed by atoms with van der Waals surface area (Å²) >= 11 is 0. The van der Waals surface area contributed by atoms with Gasteiger partial charge < -0.3 is 15.8 Å². The fraction of sp³-hybridized carbons (Fsp3) is 0. The lowest BCUT2D eigenvalue weighted by molar-refractivity contribution is 0.0979. The summed E-state index contributed by atoms with van der Waals surface area (Å²) in [5.74, 6) is 0.157. The maximum absolute atomic E-state index is 13.2. The summed E-state index contributed by atoms with van der Waals surface area (Å²) in [6.45, 7) is 0. The molecule has 6 nitrogen and oxygen atoms in total. The summed E-state index contributed by atoms with van der Waals surface area (Å²) in [7, 11) is 0. The zero-order chi connectivity index (χ0) is 22.9. The van der Waals surface area contributed by atoms with E-state index in [-0.39, 0.29) is 34.1 Å². The SMILES string of the molecule is Nc1ccc(NC(=O)c2ccc(Oc3ccccc3)cc2)c2c1C(=O)c1ccccc1C2=O. The van der Waals surface area contributed by atoms with E-state index in [0.29, 0.717) is 28.2 Å². The highest BCUT2D eigenvalue weighted by atomic mass is 16.5. The van der Waals surface area contributed by atoms with E-state index in [9.17, 15) is 14.4 Å². The van der Waals surface area contributed by atoms with Crippen LogP contribution >= 0.6 is 0 Å². The Kier molecular flexibility index (Phi) is 4.95. The highest BCUT2D eigenvalue weighted by Crippen LogP contribution is 2.35. The molecule has 1 aliphatic carbocycles. The summed E-state index contributed by atoms with van der Waals surface area (Å²) in [5.41, 5.74) is 7.66. The first-order valence-corrected chi connectivity index (χ1v) is 10.3. The lowest BCUT2D eigenvalue weighted by Crippen LogP contribution is -2.25. The molecule has 0 aromatic heterocycles. The lowest BCUT2D eigenvalue weighted by atomic mass is 9.82. The molecule has 5 rings (SSSR count). The maximum Gasteiger partial charge on any atom is 0.255 e. The molecule has 33 heavy (non-hydrogen) atoms. The van der Waals surface area contributed by atoms with E-state index in [2.05, 4.69) is 5.32 Å². The Morgan fingerprint density at radius 2 is 1.24 bits per heavy atom. The number of ether oxygens (including phenoxy) is 1. The molecule has 0 unspecified atom stereocenters. The van der Waals surface area contributed by atoms with E-state index in [1.54, 1.807) is 48.5 Å². The van der Waals surface area contributed by atoms with Crippen molar-refractivity contribution in [1.29, 1.82) is 0 Å². The molecule has 0 atom stereocenters. The fourth-order valence-electron chi connectivity index (χ4n) is 3.85. The predicted molar refractivity (Wildman–Crippen MR) is 125 cm³/mol. The number of hydrogen-bond acceptors (Lipinski definition) is 5. The van der Waals surface area contributed by atoms with Crippen molar-refractivity contribution < 1.29 is 19.1 Å². The van der Waals surface area contributed by atoms with Crippen LogP contribution in [0.15, 0.2) is 91.0 Å². The van der Waals surface area contributed by atoms with E-state index in [0.717, 1.165) is 0 Å². The number of carbonyl (C=O) groups is 3. The Balaban J connectivity index is 1.43. The van der Waals surface area contributed by atoms with E-state index in [1.165, 1.54) is 12.1 Å². The Bertz CT molecular complexity index is 1410. The molecule has 0 radical (unpaired) electrons. The van der Waals surface area contributed by atoms with Crippen LogP contribution in [0, 0.1) is 0 Å². The average molecular weight is 434 g/mol. The third kappa shape index (κ3) is 3.64. The minimum absolute atomic E-state index is 0.107. The van der Waals surface area contributed by atoms with E-state index < -0.39 is 5.91 Å². The van der Waals surface area contributed by atoms with Gasteiger partial charge in [-0.3, -0.25) is 14.4 Å². The summed E-state index contributed by atoms with van der Waals surface area (Å²) in [6.07, 6.45) is 0. The number of nitrogens with two attached hydrogens (primary N) is 1. The Morgan fingerprint density at radius 3 is 1.91 bits per heavy atom. The second-order valence-electron chi connectivity index (χ2n) is 7.55. The minimum atomic E-state index is -0.424. The second kappa shape index (κ2) is 8.09. The predicted octanol–water partition coefficient (Wildman–Crippen LogP) is 5.09. The normalized spacial score (nSPS) is 12.0. The first kappa shape index (κ1) is 20.2. The molecule has 0 bridgehead atoms. The van der Waals surface area contributed by atoms with E-state index >= 15 is 0 Å². The van der Waals surface area contributed by atoms with Crippen LogP contribution in [0.5, 0.6) is 11.5 Å². The van der Waals surface area contributed by atoms with Gasteiger partial charge >= 0.3 is 0 Å². The van der Waals surface area contributed by atoms with Gasteiger partial charge in [-0.05, 0) is 48.5 Å². The fourth-order valence-corrected chi connectivity index (χ4v) is 3.85. The maximum atomic E-state index is 13.2. The van der Waals surface area contributed by atoms with E-state index in [4.69, 9.17) is 10.5 Å². The van der Waals surface area contributed by atoms with Crippen molar-refractivity contribution in [2.24, 2.45) is 0 Å². The van der Waals surface area contributed by atoms with Crippen molar-refractivity contribution in [3.05, 3.63) is 119 Å². The Morgan fingerprint density at radius 1 is 0.667 bits per heavy atom. The van der Waals surface area contributed by atoms with Crippen molar-refractivity contribution in [3.8, 4) is 11.5 Å². The van der Waals surface area contributed by atoms with Crippen LogP contribution < -0.4 is 15.8 Å². The molecule has 4 aromatic rings. The highest BCUT2D eigenvalue weighted by molar-refractivity contribution is 6.32. The molecule has 0 heterocycles. The zero-order valence-electron chi connectivity index (χ0n) is 17.4. The van der Waals surface area contributed by atoms with Crippen molar-refractivity contribution in [1.82, 2.24) is 0 Å². The number of carbonyl (C=O) groups excluding carboxylic acids is 3. The van der Waals surface area contributed by atoms with Gasteiger partial charge in [0.15, 0.2) is 11.6 Å². The van der Waals surface area contributed by atoms with Gasteiger partial charge in [0.05, 0.1) is 16.8 Å². The van der Waals surface area contributed by atoms with Crippen LogP contribution in [-0.2, 0) is 0 Å². The number of amides is 1. The zero-order valence-corrected chi connectivity index (χ0v) is 17.4. The van der Waals surface area contributed by atoms with Gasteiger partial charge in [0.2, 0.25) is 0 Å². The Hall–Kier alpha value is -4.71. The van der Waals surface area contributed by atoms with Gasteiger partial charge in [-0.2, -0.15) is 0 Å². The molecule has 4 aromatic carbocycles. The molecular formula is C27H18N2O4. The monoisotopic (exact) mass is 434 g/mol. The smallest absolute Gasteiger partial charge is 0.255 e. The first-order chi connectivity index (χ1) is 16.0. The molecule has 0 saturated heterocycles. The van der Waals surface area contributed by atoms with Gasteiger partial charge in [-0.1, -0.05) is 42.5 Å². The number of rotatable bonds is 4. The van der Waals surface area contributed by atoms with Crippen LogP contribution in [0.2, 0.25) is 0 Å². The molecule has 1 aliphatic rings. The summed E-state index contributed by atoms with van der Waals surface area (Å²) < 4.78 is 5.75. The van der Waals surface area contributed by atoms with Crippen molar-refractivity contribution >= 4 is 28.8 Å². The Labute approximate surface area is 189 Å². The highest BCUT2D eigenvalue weighted by Gasteiger charge is 2.33. The van der Waals surface area contributed by atoms with Crippen LogP contribution in [-0.4, -0.2) is 17.5 Å². The van der Waals surface area contributed by atoms with Gasteiger partial charge in [0, 0.05) is 22.4 Å². The van der Waals surface area contributed by atoms with Gasteiger partial charge in [-0.25, -0.2) is 0 Å². The molecule has 3 N–H and O–H groups in total. The quantitative estimate of drug-likeness (QED) is 0.384. The minimum Gasteiger partial charge on any atom is -0.457 e. The number of fused-ring (bicyclic) bond motifs is 2. The van der Waals surface area contributed by atoms with Gasteiger partial charge in [0.1, 0.15) is 11.5 Å². The van der Waals surface area contributed by atoms with Crippen LogP contribution in [0.25, 0.3) is 0 Å². The lowest BCUT2D eigenvalue weighted by Gasteiger charge is -2.21. The van der Waals surface area contributed by atoms with Crippen LogP contribution in [0.4, 0.5) is 11.4 Å². The number of ketones is 2. The molecule has 0 aliphatic heterocycles. The van der Waals surface area contributed by atoms with Crippen molar-refractivity contribution in [2.75, 3.05) is 11.1 Å². The number of benzene rings is 4. The van der Waals surface area contributed by atoms with E-state index in [1.807, 2.05) is 30.3 Å². The van der Waals surface area contributed by atoms with Crippen LogP contribution in [0.1, 0.15) is 42.2 Å². The number of anilines is 2. The molecular weight excluding hydrogens is 416 g/mol. The van der Waals surface area contributed by atoms with Crippen molar-refractivity contribution in [3.63, 3.8) is 0 Å². The van der Waals surface area contributed by atoms with Gasteiger partial charge in [-0.15, -0.1) is 0 Å². The molecule has 6 heteroatoms. The summed E-state index contributed by atoms with van der Waals surface area (Å²) in [6, 6.07) is 25.6. The number of nitrogen functional groups attached to an aromatic ring is 1. The molecule has 0 fully saturated rings. The van der Waals surface area contributed by atoms with Gasteiger partial charge in [0.25, 0.3) is 5.91 Å². The topological polar surface area (TPSA) is 98.5 Å². The number of hydrogen-bond donors (Lipinski definition) is 2. The average Bonchev–Trinajstić information content (AvgIpc) is 2.84.